The van der Waals surface area contributed by atoms with Crippen LogP contribution < -0.4 is 0 Å². The summed E-state index contributed by atoms with van der Waals surface area (Å²) in [6.45, 7) is 0. The van der Waals surface area contributed by atoms with E-state index in [1.54, 1.807) is 0 Å². The first-order valence-electron chi connectivity index (χ1n) is 9.96. The first-order valence-corrected chi connectivity index (χ1v) is 9.96. The molecule has 11 heteroatoms. The summed E-state index contributed by atoms with van der Waals surface area (Å²) in [7, 11) is 0. The second kappa shape index (κ2) is 9.48. The highest BCUT2D eigenvalue weighted by Crippen LogP contribution is 2.36. The van der Waals surface area contributed by atoms with Gasteiger partial charge in [0.15, 0.2) is 11.7 Å². The monoisotopic (exact) mass is 510 g/mol. The minimum Gasteiger partial charge on any atom is -0.236 e. The van der Waals surface area contributed by atoms with Gasteiger partial charge in [0.25, 0.3) is 0 Å². The molecule has 0 fully saturated rings. The Kier molecular flexibility index (Phi) is 6.57. The van der Waals surface area contributed by atoms with E-state index in [0.29, 0.717) is 23.8 Å². The first-order chi connectivity index (χ1) is 17.0. The van der Waals surface area contributed by atoms with Crippen LogP contribution in [0.3, 0.4) is 0 Å². The summed E-state index contributed by atoms with van der Waals surface area (Å²) >= 11 is 0. The van der Waals surface area contributed by atoms with E-state index in [9.17, 15) is 39.5 Å². The van der Waals surface area contributed by atoms with E-state index < -0.39 is 46.7 Å². The Morgan fingerprint density at radius 1 is 0.611 bits per heavy atom. The molecule has 0 bridgehead atoms. The third kappa shape index (κ3) is 4.95. The Balaban J connectivity index is 1.58. The standard InChI is InChI=1S/C25H11F9N2/c26-18-7-14(22(29)23(30)31)5-6-17(18)16-10-35-24(36-11-16)13-3-1-12(2-4-13)15-8-19(27)21(20(28)9-15)25(32,33)34/h1-11H. The van der Waals surface area contributed by atoms with E-state index in [4.69, 9.17) is 0 Å². The van der Waals surface area contributed by atoms with Crippen LogP contribution in [0, 0.1) is 17.5 Å². The van der Waals surface area contributed by atoms with Gasteiger partial charge < -0.3 is 0 Å². The zero-order chi connectivity index (χ0) is 26.2. The van der Waals surface area contributed by atoms with Gasteiger partial charge >= 0.3 is 12.3 Å². The van der Waals surface area contributed by atoms with Crippen LogP contribution in [0.4, 0.5) is 39.5 Å². The van der Waals surface area contributed by atoms with E-state index in [2.05, 4.69) is 9.97 Å². The zero-order valence-electron chi connectivity index (χ0n) is 17.6. The zero-order valence-corrected chi connectivity index (χ0v) is 17.6. The summed E-state index contributed by atoms with van der Waals surface area (Å²) in [5.41, 5.74) is -1.92. The van der Waals surface area contributed by atoms with Gasteiger partial charge in [0.2, 0.25) is 0 Å². The maximum absolute atomic E-state index is 14.3. The number of hydrogen-bond donors (Lipinski definition) is 0. The van der Waals surface area contributed by atoms with Gasteiger partial charge in [-0.3, -0.25) is 0 Å². The largest absolute Gasteiger partial charge is 0.422 e. The van der Waals surface area contributed by atoms with Crippen molar-refractivity contribution in [1.29, 1.82) is 0 Å². The van der Waals surface area contributed by atoms with E-state index in [1.807, 2.05) is 0 Å². The van der Waals surface area contributed by atoms with Gasteiger partial charge in [-0.25, -0.2) is 27.5 Å². The Bertz CT molecular complexity index is 1430. The fourth-order valence-corrected chi connectivity index (χ4v) is 3.43. The lowest BCUT2D eigenvalue weighted by Gasteiger charge is -2.11. The molecule has 36 heavy (non-hydrogen) atoms. The highest BCUT2D eigenvalue weighted by molar-refractivity contribution is 5.70. The molecule has 0 N–H and O–H groups in total. The summed E-state index contributed by atoms with van der Waals surface area (Å²) in [4.78, 5) is 8.19. The molecule has 1 heterocycles. The maximum atomic E-state index is 14.3. The van der Waals surface area contributed by atoms with Crippen LogP contribution in [0.15, 0.2) is 73.1 Å². The van der Waals surface area contributed by atoms with Crippen molar-refractivity contribution in [2.24, 2.45) is 0 Å². The molecule has 1 aromatic heterocycles. The number of benzene rings is 3. The fourth-order valence-electron chi connectivity index (χ4n) is 3.43. The average Bonchev–Trinajstić information content (AvgIpc) is 2.82. The van der Waals surface area contributed by atoms with Crippen LogP contribution in [0.1, 0.15) is 11.1 Å². The van der Waals surface area contributed by atoms with Crippen molar-refractivity contribution in [3.05, 3.63) is 102 Å². The Morgan fingerprint density at radius 2 is 1.17 bits per heavy atom. The molecule has 0 aliphatic heterocycles. The molecule has 0 saturated heterocycles. The van der Waals surface area contributed by atoms with E-state index >= 15 is 0 Å². The number of aromatic nitrogens is 2. The SMILES string of the molecule is FC(F)=C(F)c1ccc(-c2cnc(-c3ccc(-c4cc(F)c(C(F)(F)F)c(F)c4)cc3)nc2)c(F)c1. The quantitative estimate of drug-likeness (QED) is 0.258. The molecule has 0 saturated carbocycles. The van der Waals surface area contributed by atoms with Gasteiger partial charge in [0.1, 0.15) is 23.0 Å². The molecule has 0 unspecified atom stereocenters. The number of halogens is 9. The minimum absolute atomic E-state index is 0.0564. The van der Waals surface area contributed by atoms with Gasteiger partial charge in [0.05, 0.1) is 0 Å². The predicted octanol–water partition coefficient (Wildman–Crippen LogP) is 8.45. The molecule has 4 rings (SSSR count). The molecular formula is C25H11F9N2. The highest BCUT2D eigenvalue weighted by Gasteiger charge is 2.38. The highest BCUT2D eigenvalue weighted by atomic mass is 19.4. The topological polar surface area (TPSA) is 25.8 Å². The smallest absolute Gasteiger partial charge is 0.236 e. The summed E-state index contributed by atoms with van der Waals surface area (Å²) in [5, 5.41) is 0. The van der Waals surface area contributed by atoms with Crippen molar-refractivity contribution in [1.82, 2.24) is 9.97 Å². The van der Waals surface area contributed by atoms with Crippen molar-refractivity contribution < 1.29 is 39.5 Å². The summed E-state index contributed by atoms with van der Waals surface area (Å²) in [6, 6.07) is 9.59. The average molecular weight is 510 g/mol. The summed E-state index contributed by atoms with van der Waals surface area (Å²) < 4.78 is 118. The molecule has 0 spiro atoms. The normalized spacial score (nSPS) is 11.5. The lowest BCUT2D eigenvalue weighted by atomic mass is 10.0. The van der Waals surface area contributed by atoms with Gasteiger partial charge in [-0.1, -0.05) is 36.4 Å². The third-order valence-electron chi connectivity index (χ3n) is 5.15. The van der Waals surface area contributed by atoms with Crippen molar-refractivity contribution >= 4 is 5.83 Å². The van der Waals surface area contributed by atoms with Crippen LogP contribution in [0.5, 0.6) is 0 Å². The van der Waals surface area contributed by atoms with Crippen LogP contribution in [-0.4, -0.2) is 9.97 Å². The fraction of sp³-hybridized carbons (Fsp3) is 0.0400. The van der Waals surface area contributed by atoms with Gasteiger partial charge in [-0.2, -0.15) is 22.0 Å². The van der Waals surface area contributed by atoms with Crippen molar-refractivity contribution in [3.8, 4) is 33.6 Å². The van der Waals surface area contributed by atoms with Crippen molar-refractivity contribution in [2.75, 3.05) is 0 Å². The van der Waals surface area contributed by atoms with Crippen LogP contribution >= 0.6 is 0 Å². The Labute approximate surface area is 197 Å². The molecule has 0 atom stereocenters. The van der Waals surface area contributed by atoms with Gasteiger partial charge in [0, 0.05) is 34.6 Å². The molecule has 0 aliphatic rings. The number of nitrogens with zero attached hydrogens (tertiary/aromatic N) is 2. The molecule has 0 amide bonds. The van der Waals surface area contributed by atoms with E-state index in [0.717, 1.165) is 12.1 Å². The van der Waals surface area contributed by atoms with Crippen LogP contribution in [-0.2, 0) is 6.18 Å². The Hall–Kier alpha value is -4.15. The number of alkyl halides is 3. The maximum Gasteiger partial charge on any atom is 0.422 e. The minimum atomic E-state index is -5.18. The molecule has 184 valence electrons. The van der Waals surface area contributed by atoms with Crippen LogP contribution in [0.25, 0.3) is 39.5 Å². The Morgan fingerprint density at radius 3 is 1.67 bits per heavy atom. The van der Waals surface area contributed by atoms with Gasteiger partial charge in [-0.05, 0) is 29.3 Å². The number of rotatable bonds is 4. The van der Waals surface area contributed by atoms with Crippen LogP contribution in [0.2, 0.25) is 0 Å². The second-order valence-corrected chi connectivity index (χ2v) is 7.45. The van der Waals surface area contributed by atoms with Crippen molar-refractivity contribution in [3.63, 3.8) is 0 Å². The third-order valence-corrected chi connectivity index (χ3v) is 5.15. The van der Waals surface area contributed by atoms with Crippen molar-refractivity contribution in [2.45, 2.75) is 6.18 Å². The molecule has 2 nitrogen and oxygen atoms in total. The molecule has 3 aromatic carbocycles. The number of hydrogen-bond acceptors (Lipinski definition) is 2. The summed E-state index contributed by atoms with van der Waals surface area (Å²) in [6.07, 6.45) is -5.26. The van der Waals surface area contributed by atoms with E-state index in [1.165, 1.54) is 36.7 Å². The lowest BCUT2D eigenvalue weighted by Crippen LogP contribution is -2.11. The van der Waals surface area contributed by atoms with Gasteiger partial charge in [-0.15, -0.1) is 0 Å². The molecule has 0 aliphatic carbocycles. The summed E-state index contributed by atoms with van der Waals surface area (Å²) in [5.74, 6) is -6.12. The molecular weight excluding hydrogens is 499 g/mol. The lowest BCUT2D eigenvalue weighted by molar-refractivity contribution is -0.142. The molecule has 4 aromatic rings. The molecule has 0 radical (unpaired) electrons. The predicted molar refractivity (Wildman–Crippen MR) is 113 cm³/mol. The first kappa shape index (κ1) is 25.0. The van der Waals surface area contributed by atoms with E-state index in [-0.39, 0.29) is 28.1 Å². The second-order valence-electron chi connectivity index (χ2n) is 7.45.